The second-order valence-corrected chi connectivity index (χ2v) is 8.71. The average molecular weight is 491 g/mol. The van der Waals surface area contributed by atoms with Crippen LogP contribution in [0.2, 0.25) is 0 Å². The van der Waals surface area contributed by atoms with Crippen molar-refractivity contribution < 1.29 is 23.1 Å². The fourth-order valence-electron chi connectivity index (χ4n) is 4.84. The van der Waals surface area contributed by atoms with Gasteiger partial charge in [0.05, 0.1) is 12.1 Å². The number of fused-ring (bicyclic) bond motifs is 1. The Morgan fingerprint density at radius 3 is 2.43 bits per heavy atom. The van der Waals surface area contributed by atoms with Crippen molar-refractivity contribution in [2.45, 2.75) is 39.4 Å². The van der Waals surface area contributed by atoms with E-state index in [4.69, 9.17) is 5.11 Å². The zero-order valence-corrected chi connectivity index (χ0v) is 20.6. The van der Waals surface area contributed by atoms with Gasteiger partial charge in [0.25, 0.3) is 0 Å². The Morgan fingerprint density at radius 2 is 1.83 bits per heavy atom. The van der Waals surface area contributed by atoms with Gasteiger partial charge in [-0.15, -0.1) is 0 Å². The molecule has 0 radical (unpaired) electrons. The van der Waals surface area contributed by atoms with E-state index in [0.717, 1.165) is 53.4 Å². The van der Waals surface area contributed by atoms with Crippen LogP contribution in [0.4, 0.5) is 13.2 Å². The van der Waals surface area contributed by atoms with Gasteiger partial charge in [-0.3, -0.25) is 19.6 Å². The molecule has 0 aliphatic carbocycles. The van der Waals surface area contributed by atoms with Crippen LogP contribution in [0.15, 0.2) is 36.7 Å². The summed E-state index contributed by atoms with van der Waals surface area (Å²) in [6.07, 6.45) is 1.36. The number of piperazine rings is 1. The number of nitrogens with zero attached hydrogens (tertiary/aromatic N) is 4. The molecule has 35 heavy (non-hydrogen) atoms. The minimum atomic E-state index is -4.18. The number of aliphatic hydroxyl groups is 1. The molecule has 4 heterocycles. The van der Waals surface area contributed by atoms with E-state index >= 15 is 0 Å². The van der Waals surface area contributed by atoms with E-state index in [1.54, 1.807) is 6.20 Å². The highest BCUT2D eigenvalue weighted by Gasteiger charge is 2.33. The molecule has 4 rings (SSSR count). The van der Waals surface area contributed by atoms with Gasteiger partial charge in [0, 0.05) is 74.2 Å². The Balaban J connectivity index is 0.00000167. The molecular weight excluding hydrogens is 457 g/mol. The van der Waals surface area contributed by atoms with Crippen LogP contribution in [-0.4, -0.2) is 76.6 Å². The maximum Gasteiger partial charge on any atom is 0.401 e. The van der Waals surface area contributed by atoms with Crippen LogP contribution >= 0.6 is 0 Å². The molecule has 1 unspecified atom stereocenters. The van der Waals surface area contributed by atoms with Crippen LogP contribution in [0, 0.1) is 6.92 Å². The molecule has 0 aromatic carbocycles. The predicted octanol–water partition coefficient (Wildman–Crippen LogP) is 4.53. The molecule has 3 aromatic heterocycles. The van der Waals surface area contributed by atoms with Gasteiger partial charge >= 0.3 is 6.18 Å². The lowest BCUT2D eigenvalue weighted by molar-refractivity contribution is -0.149. The number of pyridine rings is 2. The minimum Gasteiger partial charge on any atom is -0.400 e. The number of aliphatic hydroxyl groups excluding tert-OH is 1. The molecule has 1 aliphatic rings. The second-order valence-electron chi connectivity index (χ2n) is 8.71. The summed E-state index contributed by atoms with van der Waals surface area (Å²) in [6.45, 7) is 7.02. The van der Waals surface area contributed by atoms with E-state index in [1.165, 1.54) is 4.90 Å². The molecule has 0 spiro atoms. The molecule has 0 bridgehead atoms. The van der Waals surface area contributed by atoms with E-state index in [-0.39, 0.29) is 6.04 Å². The van der Waals surface area contributed by atoms with Crippen molar-refractivity contribution in [2.24, 2.45) is 0 Å². The first-order valence-corrected chi connectivity index (χ1v) is 11.7. The summed E-state index contributed by atoms with van der Waals surface area (Å²) in [4.78, 5) is 20.0. The summed E-state index contributed by atoms with van der Waals surface area (Å²) < 4.78 is 40.4. The first kappa shape index (κ1) is 26.8. The Labute approximate surface area is 204 Å². The Kier molecular flexibility index (Phi) is 8.69. The quantitative estimate of drug-likeness (QED) is 0.515. The van der Waals surface area contributed by atoms with E-state index in [0.29, 0.717) is 31.7 Å². The number of aromatic nitrogens is 2. The molecule has 1 atom stereocenters. The first-order chi connectivity index (χ1) is 16.7. The Bertz CT molecular complexity index is 1150. The van der Waals surface area contributed by atoms with Crippen molar-refractivity contribution in [2.75, 3.05) is 39.8 Å². The highest BCUT2D eigenvalue weighted by atomic mass is 19.4. The van der Waals surface area contributed by atoms with E-state index in [1.807, 2.05) is 25.3 Å². The lowest BCUT2D eigenvalue weighted by Gasteiger charge is -2.39. The molecule has 1 aliphatic heterocycles. The number of aldehydes is 1. The zero-order valence-electron chi connectivity index (χ0n) is 20.6. The first-order valence-electron chi connectivity index (χ1n) is 11.7. The van der Waals surface area contributed by atoms with Crippen LogP contribution in [0.1, 0.15) is 47.2 Å². The van der Waals surface area contributed by atoms with Crippen LogP contribution < -0.4 is 0 Å². The molecule has 190 valence electrons. The fourth-order valence-corrected chi connectivity index (χ4v) is 4.84. The van der Waals surface area contributed by atoms with Crippen molar-refractivity contribution in [3.8, 4) is 11.1 Å². The second kappa shape index (κ2) is 11.3. The number of aryl methyl sites for hydroxylation is 1. The van der Waals surface area contributed by atoms with Gasteiger partial charge in [0.15, 0.2) is 0 Å². The standard InChI is InChI=1S/C25H29F3N4O.CH4O/c1-4-21-13-19(5-7-29-21)22-6-8-32-23(22)14-20(15-33)17(2)24(32)18(3)31-11-9-30(10-12-31)16-25(26,27)28;1-2/h5-8,13-15,18H,4,9-12,16H2,1-3H3;2H,1H3. The fraction of sp³-hybridized carbons (Fsp3) is 0.462. The van der Waals surface area contributed by atoms with Crippen molar-refractivity contribution in [1.29, 1.82) is 0 Å². The molecule has 1 N–H and O–H groups in total. The highest BCUT2D eigenvalue weighted by molar-refractivity contribution is 5.87. The SMILES string of the molecule is CCc1cc(-c2ccn3c(C(C)N4CCN(CC(F)(F)F)CC4)c(C)c(C=O)cc23)ccn1.CO. The van der Waals surface area contributed by atoms with Gasteiger partial charge in [-0.2, -0.15) is 13.2 Å². The Morgan fingerprint density at radius 1 is 1.14 bits per heavy atom. The molecule has 0 amide bonds. The summed E-state index contributed by atoms with van der Waals surface area (Å²) in [5.41, 5.74) is 6.53. The van der Waals surface area contributed by atoms with Crippen LogP contribution in [-0.2, 0) is 6.42 Å². The highest BCUT2D eigenvalue weighted by Crippen LogP contribution is 2.33. The smallest absolute Gasteiger partial charge is 0.400 e. The number of alkyl halides is 3. The summed E-state index contributed by atoms with van der Waals surface area (Å²) in [7, 11) is 1.00. The zero-order chi connectivity index (χ0) is 25.8. The summed E-state index contributed by atoms with van der Waals surface area (Å²) in [5.74, 6) is 0. The maximum absolute atomic E-state index is 12.8. The van der Waals surface area contributed by atoms with Gasteiger partial charge in [-0.1, -0.05) is 6.92 Å². The Hall–Kier alpha value is -2.75. The summed E-state index contributed by atoms with van der Waals surface area (Å²) in [6, 6.07) is 7.96. The molecule has 0 saturated carbocycles. The number of hydrogen-bond acceptors (Lipinski definition) is 5. The third-order valence-electron chi connectivity index (χ3n) is 6.66. The van der Waals surface area contributed by atoms with Crippen LogP contribution in [0.3, 0.4) is 0 Å². The van der Waals surface area contributed by atoms with Crippen molar-refractivity contribution in [1.82, 2.24) is 19.2 Å². The third-order valence-corrected chi connectivity index (χ3v) is 6.66. The lowest BCUT2D eigenvalue weighted by Crippen LogP contribution is -2.49. The van der Waals surface area contributed by atoms with Gasteiger partial charge in [0.1, 0.15) is 6.29 Å². The van der Waals surface area contributed by atoms with Gasteiger partial charge < -0.3 is 9.51 Å². The molecule has 6 nitrogen and oxygen atoms in total. The van der Waals surface area contributed by atoms with Crippen molar-refractivity contribution in [3.63, 3.8) is 0 Å². The normalized spacial score (nSPS) is 16.1. The van der Waals surface area contributed by atoms with Crippen molar-refractivity contribution in [3.05, 3.63) is 59.2 Å². The minimum absolute atomic E-state index is 0.0515. The average Bonchev–Trinajstić information content (AvgIpc) is 3.27. The van der Waals surface area contributed by atoms with Crippen LogP contribution in [0.5, 0.6) is 0 Å². The number of carbonyl (C=O) groups is 1. The van der Waals surface area contributed by atoms with Crippen molar-refractivity contribution >= 4 is 11.8 Å². The maximum atomic E-state index is 12.8. The number of rotatable bonds is 6. The van der Waals surface area contributed by atoms with Gasteiger partial charge in [0.2, 0.25) is 0 Å². The number of hydrogen-bond donors (Lipinski definition) is 1. The van der Waals surface area contributed by atoms with Crippen LogP contribution in [0.25, 0.3) is 16.6 Å². The van der Waals surface area contributed by atoms with Gasteiger partial charge in [-0.25, -0.2) is 0 Å². The topological polar surface area (TPSA) is 61.1 Å². The predicted molar refractivity (Wildman–Crippen MR) is 131 cm³/mol. The third kappa shape index (κ3) is 5.91. The monoisotopic (exact) mass is 490 g/mol. The summed E-state index contributed by atoms with van der Waals surface area (Å²) >= 11 is 0. The molecular formula is C26H33F3N4O2. The molecule has 9 heteroatoms. The van der Waals surface area contributed by atoms with E-state index < -0.39 is 12.7 Å². The summed E-state index contributed by atoms with van der Waals surface area (Å²) in [5, 5.41) is 7.00. The van der Waals surface area contributed by atoms with E-state index in [2.05, 4.69) is 40.3 Å². The molecule has 1 fully saturated rings. The largest absolute Gasteiger partial charge is 0.401 e. The molecule has 1 saturated heterocycles. The van der Waals surface area contributed by atoms with Gasteiger partial charge in [-0.05, 0) is 55.7 Å². The number of carbonyl (C=O) groups excluding carboxylic acids is 1. The molecule has 3 aromatic rings. The lowest BCUT2D eigenvalue weighted by atomic mass is 10.00. The van der Waals surface area contributed by atoms with E-state index in [9.17, 15) is 18.0 Å². The number of halogens is 3.